The highest BCUT2D eigenvalue weighted by molar-refractivity contribution is 9.10. The highest BCUT2D eigenvalue weighted by atomic mass is 79.9. The lowest BCUT2D eigenvalue weighted by Gasteiger charge is -2.20. The summed E-state index contributed by atoms with van der Waals surface area (Å²) in [5, 5.41) is 9.25. The van der Waals surface area contributed by atoms with Gasteiger partial charge in [-0.2, -0.15) is 5.26 Å². The second kappa shape index (κ2) is 5.62. The Labute approximate surface area is 121 Å². The van der Waals surface area contributed by atoms with Gasteiger partial charge in [-0.15, -0.1) is 0 Å². The number of anilines is 1. The second-order valence-electron chi connectivity index (χ2n) is 4.76. The fourth-order valence-electron chi connectivity index (χ4n) is 2.51. The van der Waals surface area contributed by atoms with Crippen LogP contribution in [0.4, 0.5) is 5.69 Å². The molecule has 2 rings (SSSR count). The van der Waals surface area contributed by atoms with E-state index in [0.717, 1.165) is 16.7 Å². The monoisotopic (exact) mass is 322 g/mol. The summed E-state index contributed by atoms with van der Waals surface area (Å²) < 4.78 is 5.61. The zero-order chi connectivity index (χ0) is 14.0. The number of halogens is 1. The van der Waals surface area contributed by atoms with E-state index in [9.17, 15) is 10.1 Å². The Kier molecular flexibility index (Phi) is 4.11. The molecule has 1 aliphatic rings. The number of rotatable bonds is 2. The fourth-order valence-corrected chi connectivity index (χ4v) is 2.95. The van der Waals surface area contributed by atoms with Gasteiger partial charge >= 0.3 is 5.97 Å². The summed E-state index contributed by atoms with van der Waals surface area (Å²) in [6, 6.07) is 7.87. The number of ether oxygens (including phenoxy) is 1. The van der Waals surface area contributed by atoms with Crippen molar-refractivity contribution in [3.63, 3.8) is 0 Å². The smallest absolute Gasteiger partial charge is 0.310 e. The summed E-state index contributed by atoms with van der Waals surface area (Å²) >= 11 is 3.39. The van der Waals surface area contributed by atoms with E-state index in [1.165, 1.54) is 7.11 Å². The zero-order valence-electron chi connectivity index (χ0n) is 10.9. The topological polar surface area (TPSA) is 53.3 Å². The first-order chi connectivity index (χ1) is 9.08. The van der Waals surface area contributed by atoms with Crippen molar-refractivity contribution in [3.05, 3.63) is 28.2 Å². The van der Waals surface area contributed by atoms with Gasteiger partial charge in [-0.05, 0) is 34.0 Å². The average Bonchev–Trinajstić information content (AvgIpc) is 2.79. The highest BCUT2D eigenvalue weighted by Gasteiger charge is 2.36. The molecule has 1 fully saturated rings. The number of carbonyl (C=O) groups is 1. The summed E-state index contributed by atoms with van der Waals surface area (Å²) in [6.07, 6.45) is 0. The van der Waals surface area contributed by atoms with Crippen molar-refractivity contribution in [2.24, 2.45) is 11.8 Å². The summed E-state index contributed by atoms with van der Waals surface area (Å²) in [5.74, 6) is -0.0861. The van der Waals surface area contributed by atoms with Crippen LogP contribution in [0.15, 0.2) is 22.7 Å². The first-order valence-electron chi connectivity index (χ1n) is 6.10. The SMILES string of the molecule is COC(=O)C1CN(c2cccc(Br)c2C#N)CC1C. The Morgan fingerprint density at radius 2 is 2.26 bits per heavy atom. The van der Waals surface area contributed by atoms with Gasteiger partial charge in [0.1, 0.15) is 6.07 Å². The summed E-state index contributed by atoms with van der Waals surface area (Å²) in [7, 11) is 1.41. The average molecular weight is 323 g/mol. The van der Waals surface area contributed by atoms with Crippen LogP contribution in [-0.4, -0.2) is 26.2 Å². The molecule has 19 heavy (non-hydrogen) atoms. The Balaban J connectivity index is 2.29. The fraction of sp³-hybridized carbons (Fsp3) is 0.429. The van der Waals surface area contributed by atoms with E-state index in [-0.39, 0.29) is 17.8 Å². The molecule has 0 saturated carbocycles. The molecule has 0 bridgehead atoms. The van der Waals surface area contributed by atoms with Gasteiger partial charge in [0.15, 0.2) is 0 Å². The number of benzene rings is 1. The van der Waals surface area contributed by atoms with Gasteiger partial charge in [-0.1, -0.05) is 13.0 Å². The molecule has 2 atom stereocenters. The van der Waals surface area contributed by atoms with Gasteiger partial charge in [0.25, 0.3) is 0 Å². The maximum Gasteiger partial charge on any atom is 0.310 e. The molecule has 1 aliphatic heterocycles. The molecule has 1 heterocycles. The van der Waals surface area contributed by atoms with Gasteiger partial charge < -0.3 is 9.64 Å². The molecule has 4 nitrogen and oxygen atoms in total. The lowest BCUT2D eigenvalue weighted by atomic mass is 9.99. The van der Waals surface area contributed by atoms with Crippen molar-refractivity contribution in [1.29, 1.82) is 5.26 Å². The standard InChI is InChI=1S/C14H15BrN2O2/c1-9-7-17(8-11(9)14(18)19-2)13-5-3-4-12(15)10(13)6-16/h3-5,9,11H,7-8H2,1-2H3. The van der Waals surface area contributed by atoms with Gasteiger partial charge in [-0.3, -0.25) is 4.79 Å². The second-order valence-corrected chi connectivity index (χ2v) is 5.61. The number of hydrogen-bond donors (Lipinski definition) is 0. The number of nitrogens with zero attached hydrogens (tertiary/aromatic N) is 2. The third-order valence-electron chi connectivity index (χ3n) is 3.56. The van der Waals surface area contributed by atoms with Crippen molar-refractivity contribution < 1.29 is 9.53 Å². The zero-order valence-corrected chi connectivity index (χ0v) is 12.5. The number of carbonyl (C=O) groups excluding carboxylic acids is 1. The molecule has 1 saturated heterocycles. The van der Waals surface area contributed by atoms with Gasteiger partial charge in [0, 0.05) is 17.6 Å². The van der Waals surface area contributed by atoms with Crippen LogP contribution >= 0.6 is 15.9 Å². The highest BCUT2D eigenvalue weighted by Crippen LogP contribution is 2.33. The van der Waals surface area contributed by atoms with Crippen LogP contribution in [0, 0.1) is 23.2 Å². The largest absolute Gasteiger partial charge is 0.469 e. The van der Waals surface area contributed by atoms with Gasteiger partial charge in [-0.25, -0.2) is 0 Å². The molecule has 0 amide bonds. The Morgan fingerprint density at radius 3 is 2.89 bits per heavy atom. The predicted molar refractivity (Wildman–Crippen MR) is 75.7 cm³/mol. The minimum absolute atomic E-state index is 0.129. The van der Waals surface area contributed by atoms with Crippen LogP contribution in [0.3, 0.4) is 0 Å². The molecule has 0 radical (unpaired) electrons. The third-order valence-corrected chi connectivity index (χ3v) is 4.22. The molecule has 0 aliphatic carbocycles. The van der Waals surface area contributed by atoms with Crippen molar-refractivity contribution in [3.8, 4) is 6.07 Å². The maximum atomic E-state index is 11.7. The number of nitriles is 1. The van der Waals surface area contributed by atoms with Crippen molar-refractivity contribution in [2.45, 2.75) is 6.92 Å². The lowest BCUT2D eigenvalue weighted by molar-refractivity contribution is -0.145. The molecule has 0 spiro atoms. The van der Waals surface area contributed by atoms with Crippen molar-refractivity contribution in [2.75, 3.05) is 25.1 Å². The Hall–Kier alpha value is -1.54. The van der Waals surface area contributed by atoms with Crippen molar-refractivity contribution in [1.82, 2.24) is 0 Å². The molecule has 0 N–H and O–H groups in total. The lowest BCUT2D eigenvalue weighted by Crippen LogP contribution is -2.24. The van der Waals surface area contributed by atoms with Crippen LogP contribution < -0.4 is 4.90 Å². The Morgan fingerprint density at radius 1 is 1.53 bits per heavy atom. The molecule has 1 aromatic rings. The van der Waals surface area contributed by atoms with Gasteiger partial charge in [0.2, 0.25) is 0 Å². The van der Waals surface area contributed by atoms with Crippen LogP contribution in [0.2, 0.25) is 0 Å². The molecule has 100 valence electrons. The minimum atomic E-state index is -0.177. The molecule has 1 aromatic carbocycles. The van der Waals surface area contributed by atoms with E-state index in [2.05, 4.69) is 26.9 Å². The minimum Gasteiger partial charge on any atom is -0.469 e. The molecule has 5 heteroatoms. The Bertz CT molecular complexity index is 539. The first kappa shape index (κ1) is 13.9. The third kappa shape index (κ3) is 2.59. The maximum absolute atomic E-state index is 11.7. The number of esters is 1. The van der Waals surface area contributed by atoms with Crippen LogP contribution in [-0.2, 0) is 9.53 Å². The molecular formula is C14H15BrN2O2. The van der Waals surface area contributed by atoms with E-state index in [1.807, 2.05) is 25.1 Å². The molecule has 2 unspecified atom stereocenters. The molecule has 0 aromatic heterocycles. The van der Waals surface area contributed by atoms with Crippen LogP contribution in [0.5, 0.6) is 0 Å². The van der Waals surface area contributed by atoms with E-state index in [4.69, 9.17) is 4.74 Å². The normalized spacial score (nSPS) is 22.1. The van der Waals surface area contributed by atoms with Gasteiger partial charge in [0.05, 0.1) is 24.3 Å². The van der Waals surface area contributed by atoms with E-state index >= 15 is 0 Å². The summed E-state index contributed by atoms with van der Waals surface area (Å²) in [4.78, 5) is 13.8. The number of methoxy groups -OCH3 is 1. The van der Waals surface area contributed by atoms with E-state index in [1.54, 1.807) is 0 Å². The van der Waals surface area contributed by atoms with E-state index in [0.29, 0.717) is 12.1 Å². The summed E-state index contributed by atoms with van der Waals surface area (Å²) in [5.41, 5.74) is 1.48. The van der Waals surface area contributed by atoms with Crippen molar-refractivity contribution >= 4 is 27.6 Å². The van der Waals surface area contributed by atoms with Crippen LogP contribution in [0.1, 0.15) is 12.5 Å². The first-order valence-corrected chi connectivity index (χ1v) is 6.89. The van der Waals surface area contributed by atoms with E-state index < -0.39 is 0 Å². The summed E-state index contributed by atoms with van der Waals surface area (Å²) in [6.45, 7) is 3.38. The van der Waals surface area contributed by atoms with Crippen LogP contribution in [0.25, 0.3) is 0 Å². The predicted octanol–water partition coefficient (Wildman–Crippen LogP) is 2.57. The number of hydrogen-bond acceptors (Lipinski definition) is 4. The quantitative estimate of drug-likeness (QED) is 0.785. The molecular weight excluding hydrogens is 308 g/mol.